The monoisotopic (exact) mass is 404 g/mol. The molecule has 8 heteroatoms. The molecule has 2 aromatic rings. The molecule has 1 heterocycles. The summed E-state index contributed by atoms with van der Waals surface area (Å²) in [7, 11) is 0. The van der Waals surface area contributed by atoms with Crippen molar-refractivity contribution in [3.05, 3.63) is 69.2 Å². The number of nitrogens with zero attached hydrogens (tertiary/aromatic N) is 2. The number of nitro benzene ring substituents is 1. The highest BCUT2D eigenvalue weighted by Crippen LogP contribution is 2.26. The Balaban J connectivity index is 1.68. The lowest BCUT2D eigenvalue weighted by Crippen LogP contribution is -2.39. The first kappa shape index (κ1) is 20.1. The van der Waals surface area contributed by atoms with E-state index in [2.05, 4.69) is 0 Å². The summed E-state index contributed by atoms with van der Waals surface area (Å²) in [5.74, 6) is -0.187. The number of carbonyl (C=O) groups is 1. The number of benzene rings is 2. The second kappa shape index (κ2) is 9.52. The first-order valence-electron chi connectivity index (χ1n) is 9.03. The molecular formula is C20H21ClN2O5. The van der Waals surface area contributed by atoms with E-state index < -0.39 is 4.92 Å². The lowest BCUT2D eigenvalue weighted by atomic mass is 10.2. The van der Waals surface area contributed by atoms with Crippen molar-refractivity contribution >= 4 is 23.2 Å². The highest BCUT2D eigenvalue weighted by atomic mass is 35.5. The molecule has 7 nitrogen and oxygen atoms in total. The van der Waals surface area contributed by atoms with Crippen molar-refractivity contribution in [3.8, 4) is 5.75 Å². The lowest BCUT2D eigenvalue weighted by molar-refractivity contribution is -0.385. The molecule has 1 aliphatic heterocycles. The Labute approximate surface area is 168 Å². The van der Waals surface area contributed by atoms with Crippen LogP contribution in [0.15, 0.2) is 48.5 Å². The van der Waals surface area contributed by atoms with E-state index in [1.165, 1.54) is 12.1 Å². The molecule has 1 amide bonds. The molecule has 0 saturated carbocycles. The van der Waals surface area contributed by atoms with Gasteiger partial charge in [0, 0.05) is 30.8 Å². The van der Waals surface area contributed by atoms with Gasteiger partial charge in [-0.05, 0) is 36.6 Å². The fourth-order valence-corrected chi connectivity index (χ4v) is 3.19. The number of para-hydroxylation sites is 2. The summed E-state index contributed by atoms with van der Waals surface area (Å²) in [4.78, 5) is 25.0. The minimum absolute atomic E-state index is 0.0117. The zero-order valence-corrected chi connectivity index (χ0v) is 16.0. The van der Waals surface area contributed by atoms with Gasteiger partial charge < -0.3 is 14.4 Å². The fourth-order valence-electron chi connectivity index (χ4n) is 3.06. The van der Waals surface area contributed by atoms with Crippen molar-refractivity contribution in [1.29, 1.82) is 0 Å². The van der Waals surface area contributed by atoms with E-state index in [0.717, 1.165) is 18.4 Å². The Morgan fingerprint density at radius 3 is 2.68 bits per heavy atom. The van der Waals surface area contributed by atoms with Crippen LogP contribution in [0.2, 0.25) is 5.02 Å². The molecule has 1 atom stereocenters. The van der Waals surface area contributed by atoms with Gasteiger partial charge in [0.25, 0.3) is 5.91 Å². The van der Waals surface area contributed by atoms with Crippen LogP contribution in [0.4, 0.5) is 5.69 Å². The number of ether oxygens (including phenoxy) is 2. The summed E-state index contributed by atoms with van der Waals surface area (Å²) in [6, 6.07) is 13.3. The van der Waals surface area contributed by atoms with Gasteiger partial charge in [0.05, 0.1) is 11.0 Å². The van der Waals surface area contributed by atoms with Gasteiger partial charge in [0.1, 0.15) is 0 Å². The van der Waals surface area contributed by atoms with E-state index in [4.69, 9.17) is 21.1 Å². The second-order valence-electron chi connectivity index (χ2n) is 6.55. The summed E-state index contributed by atoms with van der Waals surface area (Å²) in [6.45, 7) is 1.24. The van der Waals surface area contributed by atoms with Gasteiger partial charge in [0.15, 0.2) is 12.4 Å². The van der Waals surface area contributed by atoms with Crippen LogP contribution < -0.4 is 4.74 Å². The molecule has 1 aliphatic rings. The van der Waals surface area contributed by atoms with Crippen molar-refractivity contribution < 1.29 is 19.2 Å². The molecule has 0 bridgehead atoms. The van der Waals surface area contributed by atoms with E-state index >= 15 is 0 Å². The van der Waals surface area contributed by atoms with E-state index in [-0.39, 0.29) is 30.1 Å². The van der Waals surface area contributed by atoms with Crippen LogP contribution in [-0.4, -0.2) is 41.6 Å². The van der Waals surface area contributed by atoms with Gasteiger partial charge in [-0.15, -0.1) is 0 Å². The van der Waals surface area contributed by atoms with Crippen molar-refractivity contribution in [2.24, 2.45) is 0 Å². The average molecular weight is 405 g/mol. The van der Waals surface area contributed by atoms with Crippen molar-refractivity contribution in [2.45, 2.75) is 25.5 Å². The lowest BCUT2D eigenvalue weighted by Gasteiger charge is -2.25. The zero-order chi connectivity index (χ0) is 19.9. The molecule has 1 fully saturated rings. The van der Waals surface area contributed by atoms with Gasteiger partial charge in [-0.3, -0.25) is 14.9 Å². The Hall–Kier alpha value is -2.64. The van der Waals surface area contributed by atoms with Gasteiger partial charge in [-0.1, -0.05) is 35.9 Å². The third kappa shape index (κ3) is 5.43. The van der Waals surface area contributed by atoms with Crippen LogP contribution in [0.3, 0.4) is 0 Å². The van der Waals surface area contributed by atoms with Crippen LogP contribution in [0.1, 0.15) is 18.4 Å². The summed E-state index contributed by atoms with van der Waals surface area (Å²) >= 11 is 5.93. The minimum atomic E-state index is -0.530. The third-order valence-corrected chi connectivity index (χ3v) is 4.75. The number of nitro groups is 1. The Morgan fingerprint density at radius 1 is 1.25 bits per heavy atom. The van der Waals surface area contributed by atoms with Crippen LogP contribution in [0.5, 0.6) is 5.75 Å². The van der Waals surface area contributed by atoms with Gasteiger partial charge in [-0.2, -0.15) is 0 Å². The molecule has 2 aromatic carbocycles. The summed E-state index contributed by atoms with van der Waals surface area (Å²) in [6.07, 6.45) is 1.86. The smallest absolute Gasteiger partial charge is 0.310 e. The quantitative estimate of drug-likeness (QED) is 0.493. The molecule has 0 aromatic heterocycles. The Bertz CT molecular complexity index is 822. The molecule has 0 spiro atoms. The highest BCUT2D eigenvalue weighted by molar-refractivity contribution is 6.30. The Kier molecular flexibility index (Phi) is 6.84. The van der Waals surface area contributed by atoms with Crippen LogP contribution in [-0.2, 0) is 16.1 Å². The molecule has 1 unspecified atom stereocenters. The molecule has 0 aliphatic carbocycles. The number of halogens is 1. The number of hydrogen-bond donors (Lipinski definition) is 0. The number of hydrogen-bond acceptors (Lipinski definition) is 5. The maximum absolute atomic E-state index is 12.8. The molecule has 0 radical (unpaired) electrons. The normalized spacial score (nSPS) is 16.0. The van der Waals surface area contributed by atoms with Crippen molar-refractivity contribution in [2.75, 3.05) is 19.8 Å². The number of rotatable bonds is 8. The zero-order valence-electron chi connectivity index (χ0n) is 15.3. The average Bonchev–Trinajstić information content (AvgIpc) is 3.20. The van der Waals surface area contributed by atoms with Gasteiger partial charge in [0.2, 0.25) is 0 Å². The molecule has 148 valence electrons. The fraction of sp³-hybridized carbons (Fsp3) is 0.350. The Morgan fingerprint density at radius 2 is 2.00 bits per heavy atom. The maximum atomic E-state index is 12.8. The van der Waals surface area contributed by atoms with Gasteiger partial charge >= 0.3 is 5.69 Å². The standard InChI is InChI=1S/C20H21ClN2O5/c21-16-9-7-15(8-10-16)12-22(13-17-4-3-11-27-17)20(24)14-28-19-6-2-1-5-18(19)23(25)26/h1-2,5-10,17H,3-4,11-14H2. The van der Waals surface area contributed by atoms with Gasteiger partial charge in [-0.25, -0.2) is 0 Å². The summed E-state index contributed by atoms with van der Waals surface area (Å²) < 4.78 is 11.1. The van der Waals surface area contributed by atoms with E-state index in [9.17, 15) is 14.9 Å². The highest BCUT2D eigenvalue weighted by Gasteiger charge is 2.24. The third-order valence-electron chi connectivity index (χ3n) is 4.50. The molecule has 28 heavy (non-hydrogen) atoms. The van der Waals surface area contributed by atoms with Crippen molar-refractivity contribution in [1.82, 2.24) is 4.90 Å². The van der Waals surface area contributed by atoms with E-state index in [1.54, 1.807) is 29.2 Å². The van der Waals surface area contributed by atoms with Crippen molar-refractivity contribution in [3.63, 3.8) is 0 Å². The molecule has 0 N–H and O–H groups in total. The van der Waals surface area contributed by atoms with Crippen LogP contribution in [0.25, 0.3) is 0 Å². The maximum Gasteiger partial charge on any atom is 0.310 e. The topological polar surface area (TPSA) is 81.9 Å². The molecule has 1 saturated heterocycles. The predicted octanol–water partition coefficient (Wildman–Crippen LogP) is 3.83. The molecular weight excluding hydrogens is 384 g/mol. The largest absolute Gasteiger partial charge is 0.477 e. The number of amides is 1. The first-order valence-corrected chi connectivity index (χ1v) is 9.41. The summed E-state index contributed by atoms with van der Waals surface area (Å²) in [5, 5.41) is 11.7. The second-order valence-corrected chi connectivity index (χ2v) is 6.99. The SMILES string of the molecule is O=C(COc1ccccc1[N+](=O)[O-])N(Cc1ccc(Cl)cc1)CC1CCCO1. The van der Waals surface area contributed by atoms with E-state index in [1.807, 2.05) is 12.1 Å². The first-order chi connectivity index (χ1) is 13.5. The van der Waals surface area contributed by atoms with Crippen LogP contribution >= 0.6 is 11.6 Å². The number of carbonyl (C=O) groups excluding carboxylic acids is 1. The minimum Gasteiger partial charge on any atom is -0.477 e. The summed E-state index contributed by atoms with van der Waals surface area (Å²) in [5.41, 5.74) is 0.764. The van der Waals surface area contributed by atoms with E-state index in [0.29, 0.717) is 24.7 Å². The predicted molar refractivity (Wildman–Crippen MR) is 104 cm³/mol. The molecule has 3 rings (SSSR count). The van der Waals surface area contributed by atoms with Crippen LogP contribution in [0, 0.1) is 10.1 Å².